The van der Waals surface area contributed by atoms with E-state index in [2.05, 4.69) is 9.97 Å². The van der Waals surface area contributed by atoms with Gasteiger partial charge in [-0.1, -0.05) is 13.8 Å². The second-order valence-corrected chi connectivity index (χ2v) is 4.52. The van der Waals surface area contributed by atoms with Crippen LogP contribution in [0.1, 0.15) is 36.1 Å². The highest BCUT2D eigenvalue weighted by Gasteiger charge is 2.21. The topological polar surface area (TPSA) is 75.6 Å². The normalized spacial score (nSPS) is 16.1. The average molecular weight is 251 g/mol. The van der Waals surface area contributed by atoms with Gasteiger partial charge in [-0.3, -0.25) is 0 Å². The van der Waals surface area contributed by atoms with Crippen LogP contribution in [-0.2, 0) is 4.74 Å². The minimum atomic E-state index is -1.01. The number of hydrogen-bond acceptors (Lipinski definition) is 5. The Hall–Kier alpha value is -1.69. The Bertz CT molecular complexity index is 442. The predicted molar refractivity (Wildman–Crippen MR) is 66.1 cm³/mol. The van der Waals surface area contributed by atoms with E-state index in [0.717, 1.165) is 0 Å². The Morgan fingerprint density at radius 2 is 2.11 bits per heavy atom. The number of rotatable bonds is 3. The zero-order chi connectivity index (χ0) is 13.1. The maximum Gasteiger partial charge on any atom is 0.356 e. The van der Waals surface area contributed by atoms with Gasteiger partial charge in [0, 0.05) is 19.0 Å². The molecule has 1 aromatic heterocycles. The van der Waals surface area contributed by atoms with E-state index < -0.39 is 5.97 Å². The Morgan fingerprint density at radius 1 is 1.44 bits per heavy atom. The van der Waals surface area contributed by atoms with Gasteiger partial charge in [0.05, 0.1) is 25.1 Å². The molecule has 6 heteroatoms. The quantitative estimate of drug-likeness (QED) is 0.868. The summed E-state index contributed by atoms with van der Waals surface area (Å²) in [6.45, 7) is 6.43. The highest BCUT2D eigenvalue weighted by Crippen LogP contribution is 2.21. The van der Waals surface area contributed by atoms with Crippen LogP contribution in [0, 0.1) is 0 Å². The van der Waals surface area contributed by atoms with Gasteiger partial charge in [0.15, 0.2) is 5.69 Å². The maximum atomic E-state index is 11.3. The minimum absolute atomic E-state index is 0.0793. The number of carboxylic acid groups (broad SMARTS) is 1. The number of aromatic carboxylic acids is 1. The molecule has 0 saturated carbocycles. The number of hydrogen-bond donors (Lipinski definition) is 1. The Labute approximate surface area is 106 Å². The maximum absolute atomic E-state index is 11.3. The number of morpholine rings is 1. The fourth-order valence-corrected chi connectivity index (χ4v) is 1.86. The van der Waals surface area contributed by atoms with Crippen LogP contribution in [0.4, 0.5) is 5.69 Å². The monoisotopic (exact) mass is 251 g/mol. The fraction of sp³-hybridized carbons (Fsp3) is 0.583. The summed E-state index contributed by atoms with van der Waals surface area (Å²) in [5.74, 6) is -0.341. The van der Waals surface area contributed by atoms with Crippen molar-refractivity contribution >= 4 is 11.7 Å². The molecule has 98 valence electrons. The number of carboxylic acids is 1. The summed E-state index contributed by atoms with van der Waals surface area (Å²) in [7, 11) is 0. The first kappa shape index (κ1) is 12.8. The second kappa shape index (κ2) is 5.30. The van der Waals surface area contributed by atoms with E-state index in [0.29, 0.717) is 37.8 Å². The van der Waals surface area contributed by atoms with Gasteiger partial charge < -0.3 is 14.7 Å². The lowest BCUT2D eigenvalue weighted by molar-refractivity contribution is 0.0689. The molecule has 1 aliphatic rings. The fourth-order valence-electron chi connectivity index (χ4n) is 1.86. The van der Waals surface area contributed by atoms with Crippen molar-refractivity contribution in [3.63, 3.8) is 0 Å². The van der Waals surface area contributed by atoms with Gasteiger partial charge in [0.2, 0.25) is 0 Å². The summed E-state index contributed by atoms with van der Waals surface area (Å²) in [4.78, 5) is 21.6. The third kappa shape index (κ3) is 2.59. The highest BCUT2D eigenvalue weighted by molar-refractivity contribution is 5.92. The molecule has 0 spiro atoms. The number of carbonyl (C=O) groups is 1. The molecule has 0 bridgehead atoms. The highest BCUT2D eigenvalue weighted by atomic mass is 16.5. The third-order valence-electron chi connectivity index (χ3n) is 2.86. The van der Waals surface area contributed by atoms with Crippen molar-refractivity contribution in [3.8, 4) is 0 Å². The lowest BCUT2D eigenvalue weighted by atomic mass is 10.2. The first-order valence-electron chi connectivity index (χ1n) is 6.02. The molecule has 1 aromatic rings. The first-order valence-corrected chi connectivity index (χ1v) is 6.02. The van der Waals surface area contributed by atoms with Gasteiger partial charge in [-0.2, -0.15) is 0 Å². The number of aromatic nitrogens is 2. The van der Waals surface area contributed by atoms with Crippen molar-refractivity contribution in [3.05, 3.63) is 17.7 Å². The van der Waals surface area contributed by atoms with E-state index in [1.807, 2.05) is 18.7 Å². The first-order chi connectivity index (χ1) is 8.59. The Kier molecular flexibility index (Phi) is 3.76. The molecule has 0 amide bonds. The van der Waals surface area contributed by atoms with Crippen LogP contribution in [0.5, 0.6) is 0 Å². The number of anilines is 1. The minimum Gasteiger partial charge on any atom is -0.476 e. The smallest absolute Gasteiger partial charge is 0.356 e. The zero-order valence-corrected chi connectivity index (χ0v) is 10.6. The number of nitrogens with zero attached hydrogens (tertiary/aromatic N) is 3. The molecular weight excluding hydrogens is 234 g/mol. The van der Waals surface area contributed by atoms with E-state index in [-0.39, 0.29) is 11.6 Å². The lowest BCUT2D eigenvalue weighted by Crippen LogP contribution is -2.37. The van der Waals surface area contributed by atoms with E-state index in [9.17, 15) is 9.90 Å². The van der Waals surface area contributed by atoms with Crippen LogP contribution in [0.2, 0.25) is 0 Å². The molecular formula is C12H17N3O3. The van der Waals surface area contributed by atoms with E-state index in [1.54, 1.807) is 6.20 Å². The average Bonchev–Trinajstić information content (AvgIpc) is 2.39. The molecule has 0 unspecified atom stereocenters. The molecule has 1 N–H and O–H groups in total. The summed E-state index contributed by atoms with van der Waals surface area (Å²) >= 11 is 0. The van der Waals surface area contributed by atoms with Crippen LogP contribution in [0.25, 0.3) is 0 Å². The number of ether oxygens (including phenoxy) is 1. The standard InChI is InChI=1S/C12H17N3O3/c1-8(2)11-13-7-9(10(14-11)12(16)17)15-3-5-18-6-4-15/h7-8H,3-6H2,1-2H3,(H,16,17). The molecule has 18 heavy (non-hydrogen) atoms. The molecule has 0 aromatic carbocycles. The molecule has 2 rings (SSSR count). The summed E-state index contributed by atoms with van der Waals surface area (Å²) in [5.41, 5.74) is 0.658. The van der Waals surface area contributed by atoms with Gasteiger partial charge >= 0.3 is 5.97 Å². The lowest BCUT2D eigenvalue weighted by Gasteiger charge is -2.29. The second-order valence-electron chi connectivity index (χ2n) is 4.52. The van der Waals surface area contributed by atoms with Crippen molar-refractivity contribution in [1.82, 2.24) is 9.97 Å². The molecule has 1 fully saturated rings. The van der Waals surface area contributed by atoms with Crippen LogP contribution in [-0.4, -0.2) is 47.3 Å². The molecule has 1 aliphatic heterocycles. The van der Waals surface area contributed by atoms with Crippen LogP contribution in [0.15, 0.2) is 6.20 Å². The molecule has 0 atom stereocenters. The van der Waals surface area contributed by atoms with Crippen LogP contribution in [0.3, 0.4) is 0 Å². The van der Waals surface area contributed by atoms with E-state index >= 15 is 0 Å². The molecule has 6 nitrogen and oxygen atoms in total. The van der Waals surface area contributed by atoms with Crippen molar-refractivity contribution in [1.29, 1.82) is 0 Å². The van der Waals surface area contributed by atoms with Gasteiger partial charge in [0.1, 0.15) is 5.82 Å². The van der Waals surface area contributed by atoms with Crippen molar-refractivity contribution < 1.29 is 14.6 Å². The molecule has 0 radical (unpaired) electrons. The van der Waals surface area contributed by atoms with Gasteiger partial charge in [-0.25, -0.2) is 14.8 Å². The van der Waals surface area contributed by atoms with Crippen LogP contribution < -0.4 is 4.90 Å². The zero-order valence-electron chi connectivity index (χ0n) is 10.6. The molecule has 2 heterocycles. The van der Waals surface area contributed by atoms with E-state index in [4.69, 9.17) is 4.74 Å². The van der Waals surface area contributed by atoms with E-state index in [1.165, 1.54) is 0 Å². The predicted octanol–water partition coefficient (Wildman–Crippen LogP) is 1.13. The summed E-state index contributed by atoms with van der Waals surface area (Å²) in [5, 5.41) is 9.25. The summed E-state index contributed by atoms with van der Waals surface area (Å²) < 4.78 is 5.25. The van der Waals surface area contributed by atoms with Crippen molar-refractivity contribution in [2.24, 2.45) is 0 Å². The Morgan fingerprint density at radius 3 is 2.67 bits per heavy atom. The molecule has 1 saturated heterocycles. The van der Waals surface area contributed by atoms with Crippen LogP contribution >= 0.6 is 0 Å². The summed E-state index contributed by atoms with van der Waals surface area (Å²) in [6.07, 6.45) is 1.61. The SMILES string of the molecule is CC(C)c1ncc(N2CCOCC2)c(C(=O)O)n1. The van der Waals surface area contributed by atoms with Gasteiger partial charge in [-0.05, 0) is 0 Å². The van der Waals surface area contributed by atoms with Crippen molar-refractivity contribution in [2.45, 2.75) is 19.8 Å². The van der Waals surface area contributed by atoms with Gasteiger partial charge in [-0.15, -0.1) is 0 Å². The van der Waals surface area contributed by atoms with Crippen molar-refractivity contribution in [2.75, 3.05) is 31.2 Å². The summed E-state index contributed by atoms with van der Waals surface area (Å²) in [6, 6.07) is 0. The Balaban J connectivity index is 2.36. The molecule has 0 aliphatic carbocycles. The largest absolute Gasteiger partial charge is 0.476 e. The third-order valence-corrected chi connectivity index (χ3v) is 2.86. The van der Waals surface area contributed by atoms with Gasteiger partial charge in [0.25, 0.3) is 0 Å².